The molecule has 3 atom stereocenters. The summed E-state index contributed by atoms with van der Waals surface area (Å²) < 4.78 is 5.86. The van der Waals surface area contributed by atoms with Gasteiger partial charge in [0.25, 0.3) is 0 Å². The van der Waals surface area contributed by atoms with E-state index in [0.717, 1.165) is 12.0 Å². The third-order valence-corrected chi connectivity index (χ3v) is 4.26. The van der Waals surface area contributed by atoms with Crippen molar-refractivity contribution in [1.82, 2.24) is 5.32 Å². The normalized spacial score (nSPS) is 42.4. The standard InChI is InChI=1S/C12H21NO/c1-2-4-10(3-1)13-8-9-7-11-5-6-12(9)14-11/h9-13H,1-8H2/t9-,11-,12+/m0/s1. The molecule has 0 aromatic heterocycles. The molecule has 0 radical (unpaired) electrons. The van der Waals surface area contributed by atoms with Crippen LogP contribution < -0.4 is 5.32 Å². The van der Waals surface area contributed by atoms with Gasteiger partial charge < -0.3 is 10.1 Å². The Labute approximate surface area is 86.4 Å². The summed E-state index contributed by atoms with van der Waals surface area (Å²) in [7, 11) is 0. The van der Waals surface area contributed by atoms with Crippen LogP contribution in [0.3, 0.4) is 0 Å². The molecule has 2 bridgehead atoms. The number of rotatable bonds is 3. The summed E-state index contributed by atoms with van der Waals surface area (Å²) in [6.07, 6.45) is 10.9. The summed E-state index contributed by atoms with van der Waals surface area (Å²) in [5, 5.41) is 3.73. The van der Waals surface area contributed by atoms with Gasteiger partial charge in [-0.1, -0.05) is 12.8 Å². The topological polar surface area (TPSA) is 21.3 Å². The summed E-state index contributed by atoms with van der Waals surface area (Å²) in [5.41, 5.74) is 0. The van der Waals surface area contributed by atoms with E-state index >= 15 is 0 Å². The van der Waals surface area contributed by atoms with Crippen molar-refractivity contribution in [3.8, 4) is 0 Å². The fraction of sp³-hybridized carbons (Fsp3) is 1.00. The Balaban J connectivity index is 1.44. The summed E-state index contributed by atoms with van der Waals surface area (Å²) in [6, 6.07) is 0.828. The molecule has 2 saturated heterocycles. The Bertz CT molecular complexity index is 200. The number of hydrogen-bond donors (Lipinski definition) is 1. The third kappa shape index (κ3) is 1.70. The molecule has 0 aromatic rings. The van der Waals surface area contributed by atoms with Crippen molar-refractivity contribution >= 4 is 0 Å². The van der Waals surface area contributed by atoms with Crippen LogP contribution in [-0.4, -0.2) is 24.8 Å². The van der Waals surface area contributed by atoms with E-state index < -0.39 is 0 Å². The van der Waals surface area contributed by atoms with Crippen LogP contribution in [0.4, 0.5) is 0 Å². The largest absolute Gasteiger partial charge is 0.375 e. The zero-order valence-electron chi connectivity index (χ0n) is 8.87. The van der Waals surface area contributed by atoms with Gasteiger partial charge in [0, 0.05) is 18.5 Å². The zero-order valence-corrected chi connectivity index (χ0v) is 8.87. The average Bonchev–Trinajstić information content (AvgIpc) is 2.91. The minimum atomic E-state index is 0.605. The second kappa shape index (κ2) is 3.82. The van der Waals surface area contributed by atoms with Crippen molar-refractivity contribution in [3.63, 3.8) is 0 Å². The van der Waals surface area contributed by atoms with Gasteiger partial charge in [0.1, 0.15) is 0 Å². The molecule has 2 nitrogen and oxygen atoms in total. The third-order valence-electron chi connectivity index (χ3n) is 4.26. The van der Waals surface area contributed by atoms with Crippen LogP contribution in [0.2, 0.25) is 0 Å². The van der Waals surface area contributed by atoms with E-state index in [9.17, 15) is 0 Å². The molecule has 0 amide bonds. The Hall–Kier alpha value is -0.0800. The van der Waals surface area contributed by atoms with Crippen molar-refractivity contribution in [2.75, 3.05) is 6.54 Å². The number of nitrogens with one attached hydrogen (secondary N) is 1. The summed E-state index contributed by atoms with van der Waals surface area (Å²) in [6.45, 7) is 1.21. The number of hydrogen-bond acceptors (Lipinski definition) is 2. The van der Waals surface area contributed by atoms with E-state index in [1.54, 1.807) is 0 Å². The monoisotopic (exact) mass is 195 g/mol. The average molecular weight is 195 g/mol. The van der Waals surface area contributed by atoms with Gasteiger partial charge in [-0.25, -0.2) is 0 Å². The molecule has 0 spiro atoms. The van der Waals surface area contributed by atoms with Crippen LogP contribution in [0.15, 0.2) is 0 Å². The Morgan fingerprint density at radius 2 is 1.93 bits per heavy atom. The molecule has 1 saturated carbocycles. The van der Waals surface area contributed by atoms with E-state index in [1.807, 2.05) is 0 Å². The van der Waals surface area contributed by atoms with E-state index in [1.165, 1.54) is 51.5 Å². The van der Waals surface area contributed by atoms with Crippen LogP contribution in [-0.2, 0) is 4.74 Å². The SMILES string of the molecule is C1CCC(NC[C@@H]2C[C@@H]3CC[C@H]2O3)C1. The van der Waals surface area contributed by atoms with Crippen LogP contribution in [0.25, 0.3) is 0 Å². The van der Waals surface area contributed by atoms with Gasteiger partial charge in [0.15, 0.2) is 0 Å². The second-order valence-electron chi connectivity index (χ2n) is 5.26. The quantitative estimate of drug-likeness (QED) is 0.744. The van der Waals surface area contributed by atoms with Crippen LogP contribution in [0, 0.1) is 5.92 Å². The van der Waals surface area contributed by atoms with Crippen molar-refractivity contribution < 1.29 is 4.74 Å². The lowest BCUT2D eigenvalue weighted by atomic mass is 9.89. The molecule has 1 N–H and O–H groups in total. The molecule has 3 rings (SSSR count). The van der Waals surface area contributed by atoms with E-state index in [-0.39, 0.29) is 0 Å². The van der Waals surface area contributed by atoms with E-state index in [2.05, 4.69) is 5.32 Å². The molecule has 3 fully saturated rings. The molecular weight excluding hydrogens is 174 g/mol. The molecule has 1 aliphatic carbocycles. The lowest BCUT2D eigenvalue weighted by Crippen LogP contribution is -2.34. The highest BCUT2D eigenvalue weighted by molar-refractivity contribution is 4.91. The lowest BCUT2D eigenvalue weighted by molar-refractivity contribution is 0.0920. The molecule has 2 heterocycles. The maximum atomic E-state index is 5.86. The van der Waals surface area contributed by atoms with Crippen molar-refractivity contribution in [2.24, 2.45) is 5.92 Å². The molecule has 80 valence electrons. The minimum absolute atomic E-state index is 0.605. The highest BCUT2D eigenvalue weighted by Crippen LogP contribution is 2.38. The van der Waals surface area contributed by atoms with Gasteiger partial charge in [0.2, 0.25) is 0 Å². The number of fused-ring (bicyclic) bond motifs is 2. The first-order valence-corrected chi connectivity index (χ1v) is 6.30. The maximum Gasteiger partial charge on any atom is 0.0621 e. The predicted molar refractivity (Wildman–Crippen MR) is 56.3 cm³/mol. The maximum absolute atomic E-state index is 5.86. The highest BCUT2D eigenvalue weighted by Gasteiger charge is 2.40. The second-order valence-corrected chi connectivity index (χ2v) is 5.26. The van der Waals surface area contributed by atoms with Crippen LogP contribution >= 0.6 is 0 Å². The smallest absolute Gasteiger partial charge is 0.0621 e. The van der Waals surface area contributed by atoms with Gasteiger partial charge in [-0.3, -0.25) is 0 Å². The van der Waals surface area contributed by atoms with Crippen molar-refractivity contribution in [1.29, 1.82) is 0 Å². The molecule has 0 unspecified atom stereocenters. The van der Waals surface area contributed by atoms with Crippen LogP contribution in [0.1, 0.15) is 44.9 Å². The first kappa shape index (κ1) is 9.17. The van der Waals surface area contributed by atoms with Gasteiger partial charge in [-0.05, 0) is 32.1 Å². The summed E-state index contributed by atoms with van der Waals surface area (Å²) in [4.78, 5) is 0. The lowest BCUT2D eigenvalue weighted by Gasteiger charge is -2.21. The molecular formula is C12H21NO. The van der Waals surface area contributed by atoms with E-state index in [0.29, 0.717) is 12.2 Å². The van der Waals surface area contributed by atoms with Gasteiger partial charge in [-0.15, -0.1) is 0 Å². The first-order valence-electron chi connectivity index (χ1n) is 6.30. The molecule has 2 heteroatoms. The Morgan fingerprint density at radius 3 is 2.57 bits per heavy atom. The molecule has 3 aliphatic rings. The van der Waals surface area contributed by atoms with Crippen molar-refractivity contribution in [3.05, 3.63) is 0 Å². The van der Waals surface area contributed by atoms with Gasteiger partial charge in [0.05, 0.1) is 12.2 Å². The van der Waals surface area contributed by atoms with Gasteiger partial charge in [-0.2, -0.15) is 0 Å². The zero-order chi connectivity index (χ0) is 9.38. The van der Waals surface area contributed by atoms with E-state index in [4.69, 9.17) is 4.74 Å². The highest BCUT2D eigenvalue weighted by atomic mass is 16.5. The molecule has 2 aliphatic heterocycles. The molecule has 0 aromatic carbocycles. The fourth-order valence-corrected chi connectivity index (χ4v) is 3.41. The molecule has 14 heavy (non-hydrogen) atoms. The fourth-order valence-electron chi connectivity index (χ4n) is 3.41. The summed E-state index contributed by atoms with van der Waals surface area (Å²) in [5.74, 6) is 0.828. The Morgan fingerprint density at radius 1 is 1.07 bits per heavy atom. The predicted octanol–water partition coefficient (Wildman–Crippen LogP) is 2.09. The minimum Gasteiger partial charge on any atom is -0.375 e. The number of ether oxygens (including phenoxy) is 1. The first-order chi connectivity index (χ1) is 6.92. The van der Waals surface area contributed by atoms with Crippen molar-refractivity contribution in [2.45, 2.75) is 63.2 Å². The van der Waals surface area contributed by atoms with Gasteiger partial charge >= 0.3 is 0 Å². The van der Waals surface area contributed by atoms with Crippen LogP contribution in [0.5, 0.6) is 0 Å². The summed E-state index contributed by atoms with van der Waals surface area (Å²) >= 11 is 0. The Kier molecular flexibility index (Phi) is 2.50.